The molecule has 1 N–H and O–H groups in total. The monoisotopic (exact) mass is 1230 g/mol. The maximum atomic E-state index is 13.7. The first-order valence-electron chi connectivity index (χ1n) is 32.3. The Hall–Kier alpha value is -7.91. The maximum absolute atomic E-state index is 13.7. The van der Waals surface area contributed by atoms with Gasteiger partial charge in [0.25, 0.3) is 0 Å². The number of para-hydroxylation sites is 2. The van der Waals surface area contributed by atoms with Crippen molar-refractivity contribution in [3.63, 3.8) is 0 Å². The highest BCUT2D eigenvalue weighted by Gasteiger charge is 2.59. The fraction of sp³-hybridized carbons (Fsp3) is 0.500. The summed E-state index contributed by atoms with van der Waals surface area (Å²) in [6, 6.07) is 30.4. The predicted octanol–water partition coefficient (Wildman–Crippen LogP) is 9.94. The number of carbonyl (C=O) groups excluding carboxylic acids is 5. The summed E-state index contributed by atoms with van der Waals surface area (Å²) in [5.41, 5.74) is 8.52. The quantitative estimate of drug-likeness (QED) is 0.0167. The molecule has 90 heavy (non-hydrogen) atoms. The first-order valence-corrected chi connectivity index (χ1v) is 32.3. The van der Waals surface area contributed by atoms with Gasteiger partial charge in [0.1, 0.15) is 23.9 Å². The summed E-state index contributed by atoms with van der Waals surface area (Å²) in [6.45, 7) is 14.8. The number of ether oxygens (including phenoxy) is 5. The van der Waals surface area contributed by atoms with E-state index in [0.717, 1.165) is 88.1 Å². The molecule has 1 aliphatic heterocycles. The zero-order chi connectivity index (χ0) is 63.2. The lowest BCUT2D eigenvalue weighted by atomic mass is 9.85. The van der Waals surface area contributed by atoms with Crippen molar-refractivity contribution in [1.82, 2.24) is 49.2 Å². The van der Waals surface area contributed by atoms with Gasteiger partial charge < -0.3 is 43.0 Å². The number of esters is 1. The number of nitrogens with one attached hydrogen (secondary N) is 1. The number of benzene rings is 4. The average Bonchev–Trinajstić information content (AvgIpc) is 1.58. The van der Waals surface area contributed by atoms with E-state index in [1.807, 2.05) is 64.1 Å². The lowest BCUT2D eigenvalue weighted by Crippen LogP contribution is -2.44. The van der Waals surface area contributed by atoms with Crippen LogP contribution in [0.3, 0.4) is 0 Å². The molecule has 2 unspecified atom stereocenters. The van der Waals surface area contributed by atoms with Crippen molar-refractivity contribution < 1.29 is 47.7 Å². The Morgan fingerprint density at radius 1 is 0.733 bits per heavy atom. The number of hydrogen-bond donors (Lipinski definition) is 1. The van der Waals surface area contributed by atoms with Crippen molar-refractivity contribution >= 4 is 51.7 Å². The number of imide groups is 1. The Morgan fingerprint density at radius 2 is 1.41 bits per heavy atom. The third-order valence-corrected chi connectivity index (χ3v) is 17.4. The van der Waals surface area contributed by atoms with E-state index in [2.05, 4.69) is 99.4 Å². The van der Waals surface area contributed by atoms with E-state index in [1.54, 1.807) is 21.8 Å². The van der Waals surface area contributed by atoms with E-state index in [1.165, 1.54) is 4.90 Å². The topological polar surface area (TPSA) is 216 Å². The molecule has 1 saturated carbocycles. The number of rotatable bonds is 36. The van der Waals surface area contributed by atoms with Gasteiger partial charge in [0, 0.05) is 63.7 Å². The summed E-state index contributed by atoms with van der Waals surface area (Å²) in [4.78, 5) is 79.8. The Balaban J connectivity index is 0.615. The van der Waals surface area contributed by atoms with Crippen LogP contribution >= 0.6 is 0 Å². The number of aromatic nitrogens is 7. The minimum Gasteiger partial charge on any atom is -0.460 e. The Morgan fingerprint density at radius 3 is 2.14 bits per heavy atom. The van der Waals surface area contributed by atoms with Gasteiger partial charge in [-0.25, -0.2) is 19.4 Å². The number of amides is 4. The molecule has 10 rings (SSSR count). The summed E-state index contributed by atoms with van der Waals surface area (Å²) in [5, 5.41) is 11.7. The molecule has 2 aliphatic carbocycles. The van der Waals surface area contributed by atoms with Crippen LogP contribution in [0.4, 0.5) is 0 Å². The molecule has 20 heteroatoms. The van der Waals surface area contributed by atoms with Crippen LogP contribution in [0.1, 0.15) is 120 Å². The summed E-state index contributed by atoms with van der Waals surface area (Å²) in [5.74, 6) is 1.17. The van der Waals surface area contributed by atoms with Gasteiger partial charge >= 0.3 is 5.97 Å². The van der Waals surface area contributed by atoms with E-state index in [0.29, 0.717) is 96.3 Å². The predicted molar refractivity (Wildman–Crippen MR) is 343 cm³/mol. The van der Waals surface area contributed by atoms with Crippen LogP contribution in [-0.4, -0.2) is 151 Å². The Bertz CT molecular complexity index is 3590. The van der Waals surface area contributed by atoms with Crippen molar-refractivity contribution in [3.05, 3.63) is 132 Å². The number of carbonyl (C=O) groups is 5. The minimum absolute atomic E-state index is 0.0146. The minimum atomic E-state index is -0.487. The van der Waals surface area contributed by atoms with Gasteiger partial charge in [0.2, 0.25) is 23.6 Å². The van der Waals surface area contributed by atoms with Gasteiger partial charge in [0.05, 0.1) is 104 Å². The van der Waals surface area contributed by atoms with Gasteiger partial charge in [-0.3, -0.25) is 24.1 Å². The molecule has 4 heterocycles. The summed E-state index contributed by atoms with van der Waals surface area (Å²) in [6.07, 6.45) is 12.6. The highest BCUT2D eigenvalue weighted by molar-refractivity contribution is 6.06. The van der Waals surface area contributed by atoms with Crippen molar-refractivity contribution in [2.24, 2.45) is 30.7 Å². The van der Waals surface area contributed by atoms with Crippen molar-refractivity contribution in [2.45, 2.75) is 130 Å². The smallest absolute Gasteiger partial charge is 0.338 e. The molecule has 3 aromatic heterocycles. The van der Waals surface area contributed by atoms with Crippen LogP contribution in [0.15, 0.2) is 109 Å². The molecule has 4 amide bonds. The van der Waals surface area contributed by atoms with E-state index in [9.17, 15) is 24.0 Å². The first kappa shape index (κ1) is 65.1. The molecule has 7 aromatic rings. The number of hydrogen-bond acceptors (Lipinski definition) is 14. The summed E-state index contributed by atoms with van der Waals surface area (Å²) in [7, 11) is 2.05. The van der Waals surface area contributed by atoms with Crippen molar-refractivity contribution in [2.75, 3.05) is 65.9 Å². The summed E-state index contributed by atoms with van der Waals surface area (Å²) < 4.78 is 34.7. The van der Waals surface area contributed by atoms with Gasteiger partial charge in [-0.05, 0) is 125 Å². The van der Waals surface area contributed by atoms with Gasteiger partial charge in [0.15, 0.2) is 0 Å². The molecule has 0 spiro atoms. The number of imidazole rings is 2. The lowest BCUT2D eigenvalue weighted by Gasteiger charge is -2.27. The number of allylic oxidation sites excluding steroid dienone is 2. The molecule has 1 saturated heterocycles. The van der Waals surface area contributed by atoms with Crippen LogP contribution in [0.25, 0.3) is 44.6 Å². The van der Waals surface area contributed by atoms with Gasteiger partial charge in [-0.15, -0.1) is 5.10 Å². The number of aryl methyl sites for hydroxylation is 2. The fourth-order valence-electron chi connectivity index (χ4n) is 12.7. The second kappa shape index (κ2) is 30.7. The second-order valence-corrected chi connectivity index (χ2v) is 24.9. The molecule has 0 radical (unpaired) electrons. The number of nitrogens with zero attached hydrogens (tertiary/aromatic N) is 9. The van der Waals surface area contributed by atoms with Crippen molar-refractivity contribution in [3.8, 4) is 22.5 Å². The number of unbranched alkanes of at least 4 members (excludes halogenated alkanes) is 3. The number of fused-ring (bicyclic) bond motifs is 7. The van der Waals surface area contributed by atoms with Crippen LogP contribution in [-0.2, 0) is 76.0 Å². The molecule has 20 nitrogen and oxygen atoms in total. The first-order chi connectivity index (χ1) is 43.6. The Kier molecular flexibility index (Phi) is 22.2. The molecule has 4 atom stereocenters. The maximum Gasteiger partial charge on any atom is 0.338 e. The molecule has 4 aromatic carbocycles. The molecular formula is C70H88N10O10. The van der Waals surface area contributed by atoms with E-state index >= 15 is 0 Å². The fourth-order valence-corrected chi connectivity index (χ4v) is 12.7. The second-order valence-electron chi connectivity index (χ2n) is 24.9. The van der Waals surface area contributed by atoms with E-state index in [-0.39, 0.29) is 86.0 Å². The zero-order valence-electron chi connectivity index (χ0n) is 53.1. The highest BCUT2D eigenvalue weighted by atomic mass is 16.6. The Labute approximate surface area is 527 Å². The largest absolute Gasteiger partial charge is 0.460 e. The van der Waals surface area contributed by atoms with Gasteiger partial charge in [-0.2, -0.15) is 0 Å². The highest BCUT2D eigenvalue weighted by Crippen LogP contribution is 2.52. The van der Waals surface area contributed by atoms with Crippen LogP contribution < -0.4 is 5.32 Å². The third kappa shape index (κ3) is 16.3. The van der Waals surface area contributed by atoms with Crippen molar-refractivity contribution in [1.29, 1.82) is 0 Å². The SMILES string of the molecule is CCCc1nc2ccc(-c3nc4ccccc4n3C)cc2n1Cc1ccc(-c2ccccc2C(=O)OCCOCCOCCOCCn2cc(CN(CCCCCCN3C(=O)[C@@H]4C5C=CC(C5)[C@@H]4C3=O)C(=O)CCC(=O)NC(C)(C)CCOC(C)C)nn2)cc1. The lowest BCUT2D eigenvalue weighted by molar-refractivity contribution is -0.141. The molecule has 3 aliphatic rings. The van der Waals surface area contributed by atoms with Crippen LogP contribution in [0.5, 0.6) is 0 Å². The molecule has 2 fully saturated rings. The number of likely N-dealkylation sites (tertiary alicyclic amines) is 1. The zero-order valence-corrected chi connectivity index (χ0v) is 53.1. The van der Waals surface area contributed by atoms with Crippen LogP contribution in [0, 0.1) is 23.7 Å². The molecular weight excluding hydrogens is 1140 g/mol. The standard InChI is InChI=1S/C70H88N10O10/c1-7-16-61-71-58-28-27-53(66-72-57-19-12-13-20-59(57)76(66)6)44-60(58)80(61)45-49-21-23-50(24-22-49)55-17-10-11-18-56(55)69(85)90-42-41-88-40-39-87-38-37-86-36-34-78-47-54(74-75-78)46-77(63(82)30-29-62(81)73-70(4,5)31-35-89-48(2)3)32-14-8-9-15-33-79-67(83)64-51-25-26-52(43-51)65(64)68(79)84/h10-13,17-28,44,47-48,51-52,64-65H,7-9,14-16,29-43,45-46H2,1-6H3,(H,73,81)/t51?,52?,64-,65+. The normalized spacial score (nSPS) is 17.0. The van der Waals surface area contributed by atoms with Crippen LogP contribution in [0.2, 0.25) is 0 Å². The molecule has 478 valence electrons. The van der Waals surface area contributed by atoms with E-state index < -0.39 is 11.5 Å². The third-order valence-electron chi connectivity index (χ3n) is 17.4. The van der Waals surface area contributed by atoms with E-state index in [4.69, 9.17) is 33.7 Å². The summed E-state index contributed by atoms with van der Waals surface area (Å²) >= 11 is 0. The molecule has 2 bridgehead atoms. The average molecular weight is 1230 g/mol. The van der Waals surface area contributed by atoms with Gasteiger partial charge in [-0.1, -0.05) is 91.7 Å².